The van der Waals surface area contributed by atoms with Crippen molar-refractivity contribution in [3.63, 3.8) is 0 Å². The number of carbonyl (C=O) groups is 2. The van der Waals surface area contributed by atoms with Gasteiger partial charge in [0, 0.05) is 0 Å². The van der Waals surface area contributed by atoms with Crippen LogP contribution in [0.5, 0.6) is 0 Å². The standard InChI is InChI=1S/C19H23N3O4/c23-18(13-20-19(24)17-7-4-10-26-17)21-16(15-5-2-1-3-6-15)14-22-8-11-25-12-9-22/h1-7,10,16H,8-9,11-14H2,(H,20,24)(H,21,23)/p+1/t16-/m1/s1. The minimum atomic E-state index is -0.403. The molecule has 0 spiro atoms. The maximum Gasteiger partial charge on any atom is 0.287 e. The van der Waals surface area contributed by atoms with Crippen LogP contribution in [0.1, 0.15) is 22.2 Å². The van der Waals surface area contributed by atoms with E-state index in [4.69, 9.17) is 9.15 Å². The van der Waals surface area contributed by atoms with Crippen molar-refractivity contribution in [3.05, 3.63) is 60.1 Å². The number of quaternary nitrogens is 1. The van der Waals surface area contributed by atoms with Crippen molar-refractivity contribution < 1.29 is 23.6 Å². The molecule has 2 aromatic rings. The Hall–Kier alpha value is -2.64. The number of carbonyl (C=O) groups excluding carboxylic acids is 2. The van der Waals surface area contributed by atoms with Gasteiger partial charge in [0.25, 0.3) is 5.91 Å². The molecule has 2 amide bonds. The van der Waals surface area contributed by atoms with E-state index < -0.39 is 5.91 Å². The van der Waals surface area contributed by atoms with Gasteiger partial charge in [-0.2, -0.15) is 0 Å². The van der Waals surface area contributed by atoms with Gasteiger partial charge in [0.1, 0.15) is 25.7 Å². The number of hydrogen-bond acceptors (Lipinski definition) is 4. The summed E-state index contributed by atoms with van der Waals surface area (Å²) in [6.45, 7) is 4.02. The van der Waals surface area contributed by atoms with Gasteiger partial charge < -0.3 is 24.7 Å². The van der Waals surface area contributed by atoms with Crippen LogP contribution >= 0.6 is 0 Å². The highest BCUT2D eigenvalue weighted by molar-refractivity contribution is 5.94. The first-order valence-electron chi connectivity index (χ1n) is 8.79. The topological polar surface area (TPSA) is 85.0 Å². The van der Waals surface area contributed by atoms with E-state index in [1.807, 2.05) is 30.3 Å². The maximum atomic E-state index is 12.4. The average molecular weight is 358 g/mol. The lowest BCUT2D eigenvalue weighted by atomic mass is 10.1. The first kappa shape index (κ1) is 18.2. The molecule has 0 aliphatic carbocycles. The van der Waals surface area contributed by atoms with Crippen LogP contribution in [-0.4, -0.2) is 51.2 Å². The summed E-state index contributed by atoms with van der Waals surface area (Å²) in [5.74, 6) is -0.443. The third-order valence-electron chi connectivity index (χ3n) is 4.38. The van der Waals surface area contributed by atoms with Crippen LogP contribution in [0.15, 0.2) is 53.1 Å². The summed E-state index contributed by atoms with van der Waals surface area (Å²) in [5, 5.41) is 5.61. The molecule has 1 saturated heterocycles. The Balaban J connectivity index is 1.57. The van der Waals surface area contributed by atoms with Gasteiger partial charge >= 0.3 is 0 Å². The Morgan fingerprint density at radius 1 is 1.08 bits per heavy atom. The minimum Gasteiger partial charge on any atom is -0.459 e. The number of benzene rings is 1. The highest BCUT2D eigenvalue weighted by Crippen LogP contribution is 2.10. The van der Waals surface area contributed by atoms with E-state index in [1.165, 1.54) is 11.2 Å². The molecule has 0 unspecified atom stereocenters. The number of ether oxygens (including phenoxy) is 1. The molecule has 1 aliphatic rings. The summed E-state index contributed by atoms with van der Waals surface area (Å²) in [4.78, 5) is 25.6. The van der Waals surface area contributed by atoms with Crippen molar-refractivity contribution >= 4 is 11.8 Å². The molecule has 3 N–H and O–H groups in total. The highest BCUT2D eigenvalue weighted by Gasteiger charge is 2.23. The summed E-state index contributed by atoms with van der Waals surface area (Å²) in [5.41, 5.74) is 1.05. The number of morpholine rings is 1. The normalized spacial score (nSPS) is 16.0. The highest BCUT2D eigenvalue weighted by atomic mass is 16.5. The molecule has 1 aliphatic heterocycles. The minimum absolute atomic E-state index is 0.0959. The number of furan rings is 1. The second kappa shape index (κ2) is 9.17. The molecule has 26 heavy (non-hydrogen) atoms. The summed E-state index contributed by atoms with van der Waals surface area (Å²) in [6.07, 6.45) is 1.42. The quantitative estimate of drug-likeness (QED) is 0.639. The Labute approximate surface area is 152 Å². The number of amides is 2. The second-order valence-corrected chi connectivity index (χ2v) is 6.26. The molecular weight excluding hydrogens is 334 g/mol. The third kappa shape index (κ3) is 5.18. The lowest BCUT2D eigenvalue weighted by Gasteiger charge is -2.28. The fourth-order valence-corrected chi connectivity index (χ4v) is 2.99. The average Bonchev–Trinajstić information content (AvgIpc) is 3.22. The summed E-state index contributed by atoms with van der Waals surface area (Å²) in [7, 11) is 0. The molecule has 7 nitrogen and oxygen atoms in total. The lowest BCUT2D eigenvalue weighted by molar-refractivity contribution is -0.909. The molecule has 0 bridgehead atoms. The van der Waals surface area contributed by atoms with Crippen molar-refractivity contribution in [2.24, 2.45) is 0 Å². The Morgan fingerprint density at radius 2 is 1.85 bits per heavy atom. The number of hydrogen-bond donors (Lipinski definition) is 3. The van der Waals surface area contributed by atoms with E-state index in [0.717, 1.165) is 38.4 Å². The lowest BCUT2D eigenvalue weighted by Crippen LogP contribution is -3.14. The van der Waals surface area contributed by atoms with Crippen molar-refractivity contribution in [2.45, 2.75) is 6.04 Å². The fraction of sp³-hybridized carbons (Fsp3) is 0.368. The van der Waals surface area contributed by atoms with Crippen molar-refractivity contribution in [3.8, 4) is 0 Å². The van der Waals surface area contributed by atoms with Crippen LogP contribution in [0.4, 0.5) is 0 Å². The molecule has 1 aromatic carbocycles. The van der Waals surface area contributed by atoms with Crippen LogP contribution in [-0.2, 0) is 9.53 Å². The summed E-state index contributed by atoms with van der Waals surface area (Å²) >= 11 is 0. The van der Waals surface area contributed by atoms with Gasteiger partial charge in [0.05, 0.1) is 26.0 Å². The predicted molar refractivity (Wildman–Crippen MR) is 94.7 cm³/mol. The molecule has 1 fully saturated rings. The van der Waals surface area contributed by atoms with Gasteiger partial charge in [-0.15, -0.1) is 0 Å². The number of nitrogens with one attached hydrogen (secondary N) is 3. The molecule has 2 heterocycles. The molecule has 7 heteroatoms. The van der Waals surface area contributed by atoms with Gasteiger partial charge in [-0.25, -0.2) is 0 Å². The van der Waals surface area contributed by atoms with Gasteiger partial charge in [-0.1, -0.05) is 30.3 Å². The Morgan fingerprint density at radius 3 is 2.54 bits per heavy atom. The Kier molecular flexibility index (Phi) is 6.40. The van der Waals surface area contributed by atoms with Crippen LogP contribution < -0.4 is 15.5 Å². The van der Waals surface area contributed by atoms with Crippen LogP contribution in [0.3, 0.4) is 0 Å². The molecule has 1 atom stereocenters. The van der Waals surface area contributed by atoms with E-state index in [9.17, 15) is 9.59 Å². The SMILES string of the molecule is O=C(CNC(=O)c1ccco1)N[C@H](C[NH+]1CCOCC1)c1ccccc1. The van der Waals surface area contributed by atoms with Crippen LogP contribution in [0.2, 0.25) is 0 Å². The van der Waals surface area contributed by atoms with Crippen LogP contribution in [0.25, 0.3) is 0 Å². The smallest absolute Gasteiger partial charge is 0.287 e. The zero-order chi connectivity index (χ0) is 18.2. The molecule has 0 saturated carbocycles. The molecular formula is C19H24N3O4+. The summed E-state index contributed by atoms with van der Waals surface area (Å²) < 4.78 is 10.4. The first-order valence-corrected chi connectivity index (χ1v) is 8.79. The zero-order valence-corrected chi connectivity index (χ0v) is 14.6. The molecule has 1 aromatic heterocycles. The van der Waals surface area contributed by atoms with E-state index >= 15 is 0 Å². The van der Waals surface area contributed by atoms with E-state index in [0.29, 0.717) is 0 Å². The van der Waals surface area contributed by atoms with Gasteiger partial charge in [0.2, 0.25) is 5.91 Å². The zero-order valence-electron chi connectivity index (χ0n) is 14.6. The third-order valence-corrected chi connectivity index (χ3v) is 4.38. The monoisotopic (exact) mass is 358 g/mol. The molecule has 138 valence electrons. The molecule has 0 radical (unpaired) electrons. The predicted octanol–water partition coefficient (Wildman–Crippen LogP) is -0.218. The second-order valence-electron chi connectivity index (χ2n) is 6.26. The van der Waals surface area contributed by atoms with E-state index in [1.54, 1.807) is 12.1 Å². The first-order chi connectivity index (χ1) is 12.7. The molecule has 3 rings (SSSR count). The maximum absolute atomic E-state index is 12.4. The van der Waals surface area contributed by atoms with Gasteiger partial charge in [0.15, 0.2) is 5.76 Å². The fourth-order valence-electron chi connectivity index (χ4n) is 2.99. The van der Waals surface area contributed by atoms with E-state index in [-0.39, 0.29) is 24.3 Å². The van der Waals surface area contributed by atoms with Crippen molar-refractivity contribution in [2.75, 3.05) is 39.4 Å². The van der Waals surface area contributed by atoms with Crippen molar-refractivity contribution in [1.82, 2.24) is 10.6 Å². The van der Waals surface area contributed by atoms with Crippen LogP contribution in [0, 0.1) is 0 Å². The van der Waals surface area contributed by atoms with Crippen molar-refractivity contribution in [1.29, 1.82) is 0 Å². The largest absolute Gasteiger partial charge is 0.459 e. The van der Waals surface area contributed by atoms with Gasteiger partial charge in [-0.3, -0.25) is 9.59 Å². The number of rotatable bonds is 7. The Bertz CT molecular complexity index is 697. The summed E-state index contributed by atoms with van der Waals surface area (Å²) in [6, 6.07) is 13.0. The van der Waals surface area contributed by atoms with E-state index in [2.05, 4.69) is 10.6 Å². The van der Waals surface area contributed by atoms with Gasteiger partial charge in [-0.05, 0) is 17.7 Å².